The first-order valence-corrected chi connectivity index (χ1v) is 12.4. The van der Waals surface area contributed by atoms with Crippen LogP contribution in [-0.4, -0.2) is 74.7 Å². The third-order valence-electron chi connectivity index (χ3n) is 6.36. The molecular formula is C28H44N4. The van der Waals surface area contributed by atoms with Crippen LogP contribution < -0.4 is 9.80 Å². The molecule has 2 aliphatic rings. The summed E-state index contributed by atoms with van der Waals surface area (Å²) < 4.78 is 0. The van der Waals surface area contributed by atoms with E-state index in [1.807, 2.05) is 0 Å². The van der Waals surface area contributed by atoms with Gasteiger partial charge in [-0.15, -0.1) is 0 Å². The smallest absolute Gasteiger partial charge is 0.0367 e. The Morgan fingerprint density at radius 1 is 0.625 bits per heavy atom. The van der Waals surface area contributed by atoms with Crippen molar-refractivity contribution in [3.63, 3.8) is 0 Å². The second-order valence-corrected chi connectivity index (χ2v) is 10.6. The molecule has 0 bridgehead atoms. The van der Waals surface area contributed by atoms with Crippen LogP contribution in [0.5, 0.6) is 0 Å². The quantitative estimate of drug-likeness (QED) is 0.663. The number of hydrogen-bond acceptors (Lipinski definition) is 4. The Balaban J connectivity index is 0.000000182. The van der Waals surface area contributed by atoms with Gasteiger partial charge in [-0.3, -0.25) is 9.80 Å². The molecule has 0 aromatic heterocycles. The molecule has 4 rings (SSSR count). The van der Waals surface area contributed by atoms with E-state index in [2.05, 4.69) is 115 Å². The normalized spacial score (nSPS) is 18.4. The Hall–Kier alpha value is -2.04. The van der Waals surface area contributed by atoms with Crippen molar-refractivity contribution in [2.45, 2.75) is 40.7 Å². The van der Waals surface area contributed by atoms with Crippen molar-refractivity contribution in [3.05, 3.63) is 60.7 Å². The highest BCUT2D eigenvalue weighted by Crippen LogP contribution is 2.19. The molecule has 0 amide bonds. The molecule has 4 nitrogen and oxygen atoms in total. The first-order valence-electron chi connectivity index (χ1n) is 12.4. The summed E-state index contributed by atoms with van der Waals surface area (Å²) in [6, 6.07) is 22.1. The van der Waals surface area contributed by atoms with Crippen LogP contribution in [0, 0.1) is 5.41 Å². The van der Waals surface area contributed by atoms with Crippen molar-refractivity contribution in [2.75, 3.05) is 68.7 Å². The second kappa shape index (κ2) is 11.7. The maximum absolute atomic E-state index is 2.58. The van der Waals surface area contributed by atoms with E-state index in [0.29, 0.717) is 11.5 Å². The molecule has 2 aromatic carbocycles. The van der Waals surface area contributed by atoms with Gasteiger partial charge < -0.3 is 9.80 Å². The molecule has 2 heterocycles. The minimum absolute atomic E-state index is 0.412. The van der Waals surface area contributed by atoms with Crippen molar-refractivity contribution in [1.82, 2.24) is 9.80 Å². The fourth-order valence-corrected chi connectivity index (χ4v) is 4.61. The summed E-state index contributed by atoms with van der Waals surface area (Å²) in [4.78, 5) is 10.1. The maximum Gasteiger partial charge on any atom is 0.0367 e. The average molecular weight is 437 g/mol. The fraction of sp³-hybridized carbons (Fsp3) is 0.571. The molecule has 176 valence electrons. The van der Waals surface area contributed by atoms with Gasteiger partial charge in [0.25, 0.3) is 0 Å². The predicted molar refractivity (Wildman–Crippen MR) is 140 cm³/mol. The molecule has 0 atom stereocenters. The molecule has 0 radical (unpaired) electrons. The molecular weight excluding hydrogens is 392 g/mol. The summed E-state index contributed by atoms with van der Waals surface area (Å²) in [5.41, 5.74) is 3.14. The van der Waals surface area contributed by atoms with Gasteiger partial charge in [-0.2, -0.15) is 0 Å². The zero-order valence-corrected chi connectivity index (χ0v) is 21.0. The number of hydrogen-bond donors (Lipinski definition) is 0. The van der Waals surface area contributed by atoms with E-state index in [9.17, 15) is 0 Å². The van der Waals surface area contributed by atoms with Gasteiger partial charge in [0.15, 0.2) is 0 Å². The molecule has 32 heavy (non-hydrogen) atoms. The van der Waals surface area contributed by atoms with E-state index in [4.69, 9.17) is 0 Å². The van der Waals surface area contributed by atoms with Crippen molar-refractivity contribution in [1.29, 1.82) is 0 Å². The minimum atomic E-state index is 0.412. The van der Waals surface area contributed by atoms with E-state index >= 15 is 0 Å². The van der Waals surface area contributed by atoms with E-state index in [1.54, 1.807) is 0 Å². The third kappa shape index (κ3) is 7.83. The SMILES string of the molecule is CC(C)(C)CN1CCN(c2ccccc2)CC1.CC(C)N1CCN(c2ccccc2)CC1. The number of anilines is 2. The summed E-state index contributed by atoms with van der Waals surface area (Å²) in [5.74, 6) is 0. The Morgan fingerprint density at radius 3 is 1.41 bits per heavy atom. The Bertz CT molecular complexity index is 753. The van der Waals surface area contributed by atoms with Crippen LogP contribution in [0.1, 0.15) is 34.6 Å². The van der Waals surface area contributed by atoms with Gasteiger partial charge >= 0.3 is 0 Å². The van der Waals surface area contributed by atoms with Gasteiger partial charge in [-0.25, -0.2) is 0 Å². The van der Waals surface area contributed by atoms with Gasteiger partial charge in [0.05, 0.1) is 0 Å². The van der Waals surface area contributed by atoms with Crippen molar-refractivity contribution < 1.29 is 0 Å². The lowest BCUT2D eigenvalue weighted by Gasteiger charge is -2.38. The second-order valence-electron chi connectivity index (χ2n) is 10.6. The Morgan fingerprint density at radius 2 is 1.03 bits per heavy atom. The lowest BCUT2D eigenvalue weighted by Crippen LogP contribution is -2.48. The first-order chi connectivity index (χ1) is 15.3. The lowest BCUT2D eigenvalue weighted by atomic mass is 9.96. The Kier molecular flexibility index (Phi) is 9.01. The fourth-order valence-electron chi connectivity index (χ4n) is 4.61. The maximum atomic E-state index is 2.58. The number of benzene rings is 2. The van der Waals surface area contributed by atoms with Gasteiger partial charge in [0, 0.05) is 76.3 Å². The highest BCUT2D eigenvalue weighted by atomic mass is 15.3. The van der Waals surface area contributed by atoms with Gasteiger partial charge in [-0.05, 0) is 43.5 Å². The number of rotatable bonds is 4. The first kappa shape index (κ1) is 24.6. The van der Waals surface area contributed by atoms with Crippen LogP contribution in [0.2, 0.25) is 0 Å². The van der Waals surface area contributed by atoms with E-state index in [1.165, 1.54) is 44.1 Å². The highest BCUT2D eigenvalue weighted by Gasteiger charge is 2.21. The largest absolute Gasteiger partial charge is 0.369 e. The molecule has 2 aromatic rings. The summed E-state index contributed by atoms with van der Waals surface area (Å²) in [6.07, 6.45) is 0. The molecule has 0 N–H and O–H groups in total. The van der Waals surface area contributed by atoms with E-state index in [-0.39, 0.29) is 0 Å². The van der Waals surface area contributed by atoms with Crippen LogP contribution in [0.25, 0.3) is 0 Å². The van der Waals surface area contributed by atoms with E-state index in [0.717, 1.165) is 26.2 Å². The molecule has 0 spiro atoms. The highest BCUT2D eigenvalue weighted by molar-refractivity contribution is 5.47. The predicted octanol–water partition coefficient (Wildman–Crippen LogP) is 5.07. The number of para-hydroxylation sites is 2. The van der Waals surface area contributed by atoms with Crippen LogP contribution in [0.4, 0.5) is 11.4 Å². The number of nitrogens with zero attached hydrogens (tertiary/aromatic N) is 4. The lowest BCUT2D eigenvalue weighted by molar-refractivity contribution is 0.182. The summed E-state index contributed by atoms with van der Waals surface area (Å²) in [6.45, 7) is 22.1. The van der Waals surface area contributed by atoms with Gasteiger partial charge in [0.2, 0.25) is 0 Å². The molecule has 2 aliphatic heterocycles. The zero-order chi connectivity index (χ0) is 23.0. The Labute approximate surface area is 196 Å². The van der Waals surface area contributed by atoms with Crippen LogP contribution in [0.15, 0.2) is 60.7 Å². The topological polar surface area (TPSA) is 13.0 Å². The third-order valence-corrected chi connectivity index (χ3v) is 6.36. The zero-order valence-electron chi connectivity index (χ0n) is 21.0. The van der Waals surface area contributed by atoms with E-state index < -0.39 is 0 Å². The molecule has 0 unspecified atom stereocenters. The van der Waals surface area contributed by atoms with Crippen molar-refractivity contribution in [2.24, 2.45) is 5.41 Å². The van der Waals surface area contributed by atoms with Gasteiger partial charge in [-0.1, -0.05) is 57.2 Å². The van der Waals surface area contributed by atoms with Crippen LogP contribution in [-0.2, 0) is 0 Å². The molecule has 0 saturated carbocycles. The molecule has 0 aliphatic carbocycles. The van der Waals surface area contributed by atoms with Crippen LogP contribution >= 0.6 is 0 Å². The van der Waals surface area contributed by atoms with Gasteiger partial charge in [0.1, 0.15) is 0 Å². The molecule has 2 saturated heterocycles. The summed E-state index contributed by atoms with van der Waals surface area (Å²) in [7, 11) is 0. The monoisotopic (exact) mass is 436 g/mol. The standard InChI is InChI=1S/C15H24N2.C13H20N2/c1-15(2,3)13-16-9-11-17(12-10-16)14-7-5-4-6-8-14;1-12(2)14-8-10-15(11-9-14)13-6-4-3-5-7-13/h4-8H,9-13H2,1-3H3;3-7,12H,8-11H2,1-2H3. The molecule has 2 fully saturated rings. The summed E-state index contributed by atoms with van der Waals surface area (Å²) in [5, 5.41) is 0. The molecule has 4 heteroatoms. The van der Waals surface area contributed by atoms with Crippen molar-refractivity contribution >= 4 is 11.4 Å². The van der Waals surface area contributed by atoms with Crippen molar-refractivity contribution in [3.8, 4) is 0 Å². The van der Waals surface area contributed by atoms with Crippen LogP contribution in [0.3, 0.4) is 0 Å². The summed E-state index contributed by atoms with van der Waals surface area (Å²) >= 11 is 0. The number of piperazine rings is 2. The minimum Gasteiger partial charge on any atom is -0.369 e. The average Bonchev–Trinajstić information content (AvgIpc) is 2.80.